The van der Waals surface area contributed by atoms with Crippen LogP contribution in [0.3, 0.4) is 0 Å². The molecule has 0 fully saturated rings. The van der Waals surface area contributed by atoms with Crippen molar-refractivity contribution in [3.8, 4) is 11.5 Å². The van der Waals surface area contributed by atoms with Gasteiger partial charge in [0.05, 0.1) is 11.6 Å². The molecule has 2 rings (SSSR count). The molecule has 0 aromatic carbocycles. The van der Waals surface area contributed by atoms with Gasteiger partial charge in [0, 0.05) is 16.9 Å². The van der Waals surface area contributed by atoms with Crippen molar-refractivity contribution in [2.24, 2.45) is 5.73 Å². The van der Waals surface area contributed by atoms with Crippen LogP contribution in [-0.2, 0) is 0 Å². The highest BCUT2D eigenvalue weighted by Gasteiger charge is 2.13. The van der Waals surface area contributed by atoms with Gasteiger partial charge in [0.2, 0.25) is 0 Å². The fourth-order valence-corrected chi connectivity index (χ4v) is 1.58. The number of hydrogen-bond acceptors (Lipinski definition) is 5. The number of nitrogens with zero attached hydrogens (tertiary/aromatic N) is 3. The van der Waals surface area contributed by atoms with Gasteiger partial charge in [0.1, 0.15) is 0 Å². The van der Waals surface area contributed by atoms with E-state index in [9.17, 15) is 0 Å². The maximum absolute atomic E-state index is 5.81. The van der Waals surface area contributed by atoms with Crippen LogP contribution in [0, 0.1) is 0 Å². The quantitative estimate of drug-likeness (QED) is 0.935. The van der Waals surface area contributed by atoms with E-state index in [0.717, 1.165) is 16.5 Å². The van der Waals surface area contributed by atoms with E-state index in [2.05, 4.69) is 31.1 Å². The van der Waals surface area contributed by atoms with Gasteiger partial charge >= 0.3 is 0 Å². The molecule has 1 unspecified atom stereocenters. The van der Waals surface area contributed by atoms with Crippen LogP contribution in [0.5, 0.6) is 0 Å². The average Bonchev–Trinajstić information content (AvgIpc) is 2.77. The van der Waals surface area contributed by atoms with E-state index in [1.54, 1.807) is 12.4 Å². The summed E-state index contributed by atoms with van der Waals surface area (Å²) in [6, 6.07) is 1.68. The number of halogens is 1. The Morgan fingerprint density at radius 3 is 3.00 bits per heavy atom. The van der Waals surface area contributed by atoms with Crippen LogP contribution < -0.4 is 5.73 Å². The fourth-order valence-electron chi connectivity index (χ4n) is 1.21. The van der Waals surface area contributed by atoms with Crippen molar-refractivity contribution in [2.75, 3.05) is 0 Å². The summed E-state index contributed by atoms with van der Waals surface area (Å²) in [5.74, 6) is 0.963. The zero-order valence-corrected chi connectivity index (χ0v) is 10.3. The van der Waals surface area contributed by atoms with Gasteiger partial charge in [-0.15, -0.1) is 0 Å². The molecule has 0 radical (unpaired) electrons. The van der Waals surface area contributed by atoms with Gasteiger partial charge in [-0.25, -0.2) is 0 Å². The Hall–Kier alpha value is -1.27. The molecule has 6 heteroatoms. The summed E-state index contributed by atoms with van der Waals surface area (Å²) in [5, 5.41) is 3.84. The molecule has 0 saturated heterocycles. The third-order valence-corrected chi connectivity index (χ3v) is 2.60. The third kappa shape index (κ3) is 2.28. The Kier molecular flexibility index (Phi) is 3.31. The lowest BCUT2D eigenvalue weighted by Gasteiger charge is -1.99. The minimum atomic E-state index is -0.183. The molecular formula is C10H11BrN4O. The molecule has 16 heavy (non-hydrogen) atoms. The zero-order chi connectivity index (χ0) is 11.5. The number of rotatable bonds is 3. The largest absolute Gasteiger partial charge is 0.334 e. The first-order valence-electron chi connectivity index (χ1n) is 4.90. The first-order valence-corrected chi connectivity index (χ1v) is 5.70. The lowest BCUT2D eigenvalue weighted by atomic mass is 10.2. The van der Waals surface area contributed by atoms with Crippen LogP contribution in [0.15, 0.2) is 27.5 Å². The van der Waals surface area contributed by atoms with E-state index in [4.69, 9.17) is 10.3 Å². The summed E-state index contributed by atoms with van der Waals surface area (Å²) in [6.45, 7) is 1.97. The van der Waals surface area contributed by atoms with Crippen molar-refractivity contribution in [3.05, 3.63) is 28.8 Å². The summed E-state index contributed by atoms with van der Waals surface area (Å²) >= 11 is 3.33. The molecule has 0 spiro atoms. The van der Waals surface area contributed by atoms with Crippen molar-refractivity contribution < 1.29 is 4.52 Å². The second-order valence-corrected chi connectivity index (χ2v) is 4.28. The highest BCUT2D eigenvalue weighted by atomic mass is 79.9. The highest BCUT2D eigenvalue weighted by Crippen LogP contribution is 2.21. The summed E-state index contributed by atoms with van der Waals surface area (Å²) in [5.41, 5.74) is 6.58. The summed E-state index contributed by atoms with van der Waals surface area (Å²) in [6.07, 6.45) is 4.13. The fraction of sp³-hybridized carbons (Fsp3) is 0.300. The van der Waals surface area contributed by atoms with Crippen molar-refractivity contribution >= 4 is 15.9 Å². The molecule has 0 saturated carbocycles. The molecule has 0 amide bonds. The SMILES string of the molecule is CCC(N)c1noc(-c2cncc(Br)c2)n1. The molecule has 0 aliphatic heterocycles. The normalized spacial score (nSPS) is 12.7. The van der Waals surface area contributed by atoms with Crippen LogP contribution >= 0.6 is 15.9 Å². The molecule has 0 aliphatic rings. The topological polar surface area (TPSA) is 77.8 Å². The molecule has 84 valence electrons. The predicted molar refractivity (Wildman–Crippen MR) is 62.4 cm³/mol. The smallest absolute Gasteiger partial charge is 0.259 e. The van der Waals surface area contributed by atoms with Gasteiger partial charge in [-0.05, 0) is 28.4 Å². The molecule has 2 aromatic heterocycles. The van der Waals surface area contributed by atoms with E-state index in [0.29, 0.717) is 11.7 Å². The number of hydrogen-bond donors (Lipinski definition) is 1. The Labute approximate surface area is 101 Å². The van der Waals surface area contributed by atoms with Crippen molar-refractivity contribution in [1.29, 1.82) is 0 Å². The first kappa shape index (κ1) is 11.2. The van der Waals surface area contributed by atoms with Gasteiger partial charge < -0.3 is 10.3 Å². The van der Waals surface area contributed by atoms with Crippen molar-refractivity contribution in [1.82, 2.24) is 15.1 Å². The van der Waals surface area contributed by atoms with Crippen LogP contribution in [0.2, 0.25) is 0 Å². The van der Waals surface area contributed by atoms with Crippen LogP contribution in [-0.4, -0.2) is 15.1 Å². The van der Waals surface area contributed by atoms with E-state index in [-0.39, 0.29) is 6.04 Å². The van der Waals surface area contributed by atoms with Gasteiger partial charge in [-0.1, -0.05) is 12.1 Å². The van der Waals surface area contributed by atoms with Crippen molar-refractivity contribution in [3.63, 3.8) is 0 Å². The minimum absolute atomic E-state index is 0.183. The average molecular weight is 283 g/mol. The second kappa shape index (κ2) is 4.71. The van der Waals surface area contributed by atoms with E-state index >= 15 is 0 Å². The number of pyridine rings is 1. The maximum atomic E-state index is 5.81. The Balaban J connectivity index is 2.31. The molecular weight excluding hydrogens is 272 g/mol. The minimum Gasteiger partial charge on any atom is -0.334 e. The first-order chi connectivity index (χ1) is 7.70. The van der Waals surface area contributed by atoms with Gasteiger partial charge in [-0.3, -0.25) is 4.98 Å². The lowest BCUT2D eigenvalue weighted by molar-refractivity contribution is 0.415. The monoisotopic (exact) mass is 282 g/mol. The van der Waals surface area contributed by atoms with Crippen LogP contribution in [0.1, 0.15) is 25.2 Å². The van der Waals surface area contributed by atoms with E-state index in [1.807, 2.05) is 13.0 Å². The summed E-state index contributed by atoms with van der Waals surface area (Å²) in [4.78, 5) is 8.26. The number of nitrogens with two attached hydrogens (primary N) is 1. The van der Waals surface area contributed by atoms with Gasteiger partial charge in [0.25, 0.3) is 5.89 Å². The molecule has 0 aliphatic carbocycles. The molecule has 2 N–H and O–H groups in total. The summed E-state index contributed by atoms with van der Waals surface area (Å²) in [7, 11) is 0. The molecule has 1 atom stereocenters. The maximum Gasteiger partial charge on any atom is 0.259 e. The molecule has 5 nitrogen and oxygen atoms in total. The van der Waals surface area contributed by atoms with Crippen LogP contribution in [0.25, 0.3) is 11.5 Å². The predicted octanol–water partition coefficient (Wildman–Crippen LogP) is 2.30. The zero-order valence-electron chi connectivity index (χ0n) is 8.72. The molecule has 2 aromatic rings. The van der Waals surface area contributed by atoms with Gasteiger partial charge in [-0.2, -0.15) is 4.98 Å². The lowest BCUT2D eigenvalue weighted by Crippen LogP contribution is -2.10. The van der Waals surface area contributed by atoms with Crippen molar-refractivity contribution in [2.45, 2.75) is 19.4 Å². The second-order valence-electron chi connectivity index (χ2n) is 3.36. The summed E-state index contributed by atoms with van der Waals surface area (Å²) < 4.78 is 5.99. The van der Waals surface area contributed by atoms with Crippen LogP contribution in [0.4, 0.5) is 0 Å². The van der Waals surface area contributed by atoms with E-state index < -0.39 is 0 Å². The standard InChI is InChI=1S/C10H11BrN4O/c1-2-8(12)9-14-10(16-15-9)6-3-7(11)5-13-4-6/h3-5,8H,2,12H2,1H3. The van der Waals surface area contributed by atoms with Gasteiger partial charge in [0.15, 0.2) is 5.82 Å². The Morgan fingerprint density at radius 2 is 2.31 bits per heavy atom. The Morgan fingerprint density at radius 1 is 1.50 bits per heavy atom. The highest BCUT2D eigenvalue weighted by molar-refractivity contribution is 9.10. The van der Waals surface area contributed by atoms with E-state index in [1.165, 1.54) is 0 Å². The molecule has 0 bridgehead atoms. The Bertz CT molecular complexity index is 485. The number of aromatic nitrogens is 3. The molecule has 2 heterocycles. The third-order valence-electron chi connectivity index (χ3n) is 2.17.